The minimum Gasteiger partial charge on any atom is -0.304 e. The largest absolute Gasteiger partial charge is 0.304 e. The van der Waals surface area contributed by atoms with Gasteiger partial charge in [-0.25, -0.2) is 0 Å². The molecule has 0 fully saturated rings. The molecule has 0 aromatic carbocycles. The van der Waals surface area contributed by atoms with Gasteiger partial charge in [-0.3, -0.25) is 9.97 Å². The van der Waals surface area contributed by atoms with E-state index in [1.807, 2.05) is 17.5 Å². The van der Waals surface area contributed by atoms with Crippen molar-refractivity contribution in [2.24, 2.45) is 0 Å². The van der Waals surface area contributed by atoms with Crippen molar-refractivity contribution >= 4 is 11.3 Å². The molecule has 0 bridgehead atoms. The molecule has 2 rings (SSSR count). The Bertz CT molecular complexity index is 453. The fourth-order valence-electron chi connectivity index (χ4n) is 1.71. The van der Waals surface area contributed by atoms with Crippen LogP contribution in [0.5, 0.6) is 0 Å². The van der Waals surface area contributed by atoms with Crippen molar-refractivity contribution in [3.8, 4) is 0 Å². The summed E-state index contributed by atoms with van der Waals surface area (Å²) in [7, 11) is 0. The summed E-state index contributed by atoms with van der Waals surface area (Å²) in [6.07, 6.45) is 6.40. The van der Waals surface area contributed by atoms with Gasteiger partial charge in [0.05, 0.1) is 17.9 Å². The SMILES string of the molecule is CCCNC(c1cnccn1)c1ccc(C)s1. The van der Waals surface area contributed by atoms with Crippen molar-refractivity contribution in [3.05, 3.63) is 46.2 Å². The molecule has 0 spiro atoms. The van der Waals surface area contributed by atoms with Crippen LogP contribution in [0, 0.1) is 6.92 Å². The van der Waals surface area contributed by atoms with E-state index in [4.69, 9.17) is 0 Å². The van der Waals surface area contributed by atoms with Crippen LogP contribution in [-0.2, 0) is 0 Å². The van der Waals surface area contributed by atoms with Gasteiger partial charge in [0, 0.05) is 22.1 Å². The molecule has 0 saturated carbocycles. The van der Waals surface area contributed by atoms with E-state index in [1.165, 1.54) is 9.75 Å². The fourth-order valence-corrected chi connectivity index (χ4v) is 2.67. The number of thiophene rings is 1. The van der Waals surface area contributed by atoms with Crippen LogP contribution in [0.15, 0.2) is 30.7 Å². The average Bonchev–Trinajstić information content (AvgIpc) is 2.78. The van der Waals surface area contributed by atoms with Gasteiger partial charge in [-0.05, 0) is 32.0 Å². The molecule has 3 nitrogen and oxygen atoms in total. The summed E-state index contributed by atoms with van der Waals surface area (Å²) in [6, 6.07) is 4.49. The molecular weight excluding hydrogens is 230 g/mol. The van der Waals surface area contributed by atoms with E-state index in [1.54, 1.807) is 12.4 Å². The van der Waals surface area contributed by atoms with Crippen molar-refractivity contribution in [2.45, 2.75) is 26.3 Å². The third-order valence-electron chi connectivity index (χ3n) is 2.52. The monoisotopic (exact) mass is 247 g/mol. The lowest BCUT2D eigenvalue weighted by Gasteiger charge is -2.15. The van der Waals surface area contributed by atoms with E-state index in [9.17, 15) is 0 Å². The number of aryl methyl sites for hydroxylation is 1. The molecule has 1 N–H and O–H groups in total. The zero-order chi connectivity index (χ0) is 12.1. The van der Waals surface area contributed by atoms with Gasteiger partial charge in [0.2, 0.25) is 0 Å². The molecule has 1 atom stereocenters. The third-order valence-corrected chi connectivity index (χ3v) is 3.59. The predicted molar refractivity (Wildman–Crippen MR) is 71.2 cm³/mol. The zero-order valence-electron chi connectivity index (χ0n) is 10.2. The molecule has 90 valence electrons. The van der Waals surface area contributed by atoms with Gasteiger partial charge in [-0.1, -0.05) is 6.92 Å². The lowest BCUT2D eigenvalue weighted by molar-refractivity contribution is 0.591. The molecule has 2 aromatic heterocycles. The quantitative estimate of drug-likeness (QED) is 0.882. The van der Waals surface area contributed by atoms with Gasteiger partial charge in [-0.2, -0.15) is 0 Å². The van der Waals surface area contributed by atoms with Crippen LogP contribution >= 0.6 is 11.3 Å². The van der Waals surface area contributed by atoms with Crippen LogP contribution in [0.25, 0.3) is 0 Å². The summed E-state index contributed by atoms with van der Waals surface area (Å²) in [5.41, 5.74) is 0.989. The Balaban J connectivity index is 2.25. The van der Waals surface area contributed by atoms with E-state index < -0.39 is 0 Å². The highest BCUT2D eigenvalue weighted by molar-refractivity contribution is 7.12. The highest BCUT2D eigenvalue weighted by Crippen LogP contribution is 2.26. The third kappa shape index (κ3) is 3.11. The minimum absolute atomic E-state index is 0.169. The molecule has 0 aliphatic carbocycles. The van der Waals surface area contributed by atoms with Crippen LogP contribution in [-0.4, -0.2) is 16.5 Å². The van der Waals surface area contributed by atoms with Gasteiger partial charge >= 0.3 is 0 Å². The number of nitrogens with one attached hydrogen (secondary N) is 1. The van der Waals surface area contributed by atoms with Crippen LogP contribution in [0.2, 0.25) is 0 Å². The summed E-state index contributed by atoms with van der Waals surface area (Å²) < 4.78 is 0. The summed E-state index contributed by atoms with van der Waals surface area (Å²) in [5.74, 6) is 0. The molecular formula is C13H17N3S. The average molecular weight is 247 g/mol. The molecule has 4 heteroatoms. The van der Waals surface area contributed by atoms with Crippen molar-refractivity contribution in [1.29, 1.82) is 0 Å². The molecule has 0 aliphatic rings. The van der Waals surface area contributed by atoms with Gasteiger partial charge in [-0.15, -0.1) is 11.3 Å². The maximum absolute atomic E-state index is 4.40. The second-order valence-corrected chi connectivity index (χ2v) is 5.29. The first-order valence-corrected chi connectivity index (χ1v) is 6.68. The number of aromatic nitrogens is 2. The second kappa shape index (κ2) is 5.89. The highest BCUT2D eigenvalue weighted by atomic mass is 32.1. The van der Waals surface area contributed by atoms with E-state index in [2.05, 4.69) is 41.3 Å². The maximum Gasteiger partial charge on any atom is 0.0860 e. The second-order valence-electron chi connectivity index (χ2n) is 3.97. The Labute approximate surface area is 106 Å². The van der Waals surface area contributed by atoms with Crippen molar-refractivity contribution in [3.63, 3.8) is 0 Å². The summed E-state index contributed by atoms with van der Waals surface area (Å²) in [5, 5.41) is 3.52. The highest BCUT2D eigenvalue weighted by Gasteiger charge is 2.16. The first kappa shape index (κ1) is 12.2. The van der Waals surface area contributed by atoms with Crippen molar-refractivity contribution in [2.75, 3.05) is 6.54 Å². The molecule has 0 amide bonds. The standard InChI is InChI=1S/C13H17N3S/c1-3-6-16-13(11-9-14-7-8-15-11)12-5-4-10(2)17-12/h4-5,7-9,13,16H,3,6H2,1-2H3. The van der Waals surface area contributed by atoms with Gasteiger partial charge in [0.15, 0.2) is 0 Å². The topological polar surface area (TPSA) is 37.8 Å². The maximum atomic E-state index is 4.40. The van der Waals surface area contributed by atoms with Gasteiger partial charge in [0.25, 0.3) is 0 Å². The van der Waals surface area contributed by atoms with Crippen LogP contribution in [0.4, 0.5) is 0 Å². The number of hydrogen-bond acceptors (Lipinski definition) is 4. The molecule has 1 unspecified atom stereocenters. The Hall–Kier alpha value is -1.26. The number of hydrogen-bond donors (Lipinski definition) is 1. The fraction of sp³-hybridized carbons (Fsp3) is 0.385. The molecule has 0 saturated heterocycles. The summed E-state index contributed by atoms with van der Waals surface area (Å²) in [4.78, 5) is 11.2. The Morgan fingerprint density at radius 1 is 1.35 bits per heavy atom. The lowest BCUT2D eigenvalue weighted by Crippen LogP contribution is -2.23. The minimum atomic E-state index is 0.169. The van der Waals surface area contributed by atoms with Crippen molar-refractivity contribution < 1.29 is 0 Å². The Kier molecular flexibility index (Phi) is 4.23. The normalized spacial score (nSPS) is 12.6. The van der Waals surface area contributed by atoms with Crippen LogP contribution < -0.4 is 5.32 Å². The molecule has 2 aromatic rings. The number of nitrogens with zero attached hydrogens (tertiary/aromatic N) is 2. The molecule has 2 heterocycles. The zero-order valence-corrected chi connectivity index (χ0v) is 11.0. The van der Waals surface area contributed by atoms with Crippen LogP contribution in [0.3, 0.4) is 0 Å². The smallest absolute Gasteiger partial charge is 0.0860 e. The Morgan fingerprint density at radius 3 is 2.82 bits per heavy atom. The van der Waals surface area contributed by atoms with Crippen LogP contribution in [0.1, 0.15) is 34.8 Å². The van der Waals surface area contributed by atoms with E-state index in [0.717, 1.165) is 18.7 Å². The Morgan fingerprint density at radius 2 is 2.24 bits per heavy atom. The first-order chi connectivity index (χ1) is 8.31. The van der Waals surface area contributed by atoms with Gasteiger partial charge < -0.3 is 5.32 Å². The summed E-state index contributed by atoms with van der Waals surface area (Å²) >= 11 is 1.81. The predicted octanol–water partition coefficient (Wildman–Crippen LogP) is 2.94. The van der Waals surface area contributed by atoms with Gasteiger partial charge in [0.1, 0.15) is 0 Å². The van der Waals surface area contributed by atoms with Crippen molar-refractivity contribution in [1.82, 2.24) is 15.3 Å². The van der Waals surface area contributed by atoms with E-state index >= 15 is 0 Å². The molecule has 0 radical (unpaired) electrons. The first-order valence-electron chi connectivity index (χ1n) is 5.87. The van der Waals surface area contributed by atoms with E-state index in [0.29, 0.717) is 0 Å². The summed E-state index contributed by atoms with van der Waals surface area (Å²) in [6.45, 7) is 5.28. The number of rotatable bonds is 5. The molecule has 0 aliphatic heterocycles. The molecule has 17 heavy (non-hydrogen) atoms. The lowest BCUT2D eigenvalue weighted by atomic mass is 10.1. The van der Waals surface area contributed by atoms with E-state index in [-0.39, 0.29) is 6.04 Å².